The highest BCUT2D eigenvalue weighted by molar-refractivity contribution is 5.32. The highest BCUT2D eigenvalue weighted by Gasteiger charge is 2.14. The van der Waals surface area contributed by atoms with Crippen molar-refractivity contribution in [3.8, 4) is 5.75 Å². The molecule has 0 aromatic carbocycles. The molecule has 4 heteroatoms. The number of hydrogen-bond donors (Lipinski definition) is 1. The van der Waals surface area contributed by atoms with Crippen LogP contribution in [0, 0.1) is 6.92 Å². The van der Waals surface area contributed by atoms with Gasteiger partial charge in [0.1, 0.15) is 5.75 Å². The molecule has 19 heavy (non-hydrogen) atoms. The molecule has 0 saturated carbocycles. The third-order valence-corrected chi connectivity index (χ3v) is 2.90. The van der Waals surface area contributed by atoms with Crippen molar-refractivity contribution in [2.75, 3.05) is 13.7 Å². The summed E-state index contributed by atoms with van der Waals surface area (Å²) in [6.07, 6.45) is 5.39. The fourth-order valence-electron chi connectivity index (χ4n) is 2.04. The number of aryl methyl sites for hydroxylation is 1. The maximum absolute atomic E-state index is 5.49. The van der Waals surface area contributed by atoms with E-state index in [1.807, 2.05) is 38.5 Å². The average Bonchev–Trinajstić information content (AvgIpc) is 2.41. The van der Waals surface area contributed by atoms with Gasteiger partial charge in [0.15, 0.2) is 0 Å². The minimum Gasteiger partial charge on any atom is -0.492 e. The Bertz CT molecular complexity index is 542. The Morgan fingerprint density at radius 1 is 1.32 bits per heavy atom. The number of rotatable bonds is 5. The van der Waals surface area contributed by atoms with E-state index in [-0.39, 0.29) is 6.04 Å². The quantitative estimate of drug-likeness (QED) is 0.894. The molecule has 4 nitrogen and oxygen atoms in total. The first kappa shape index (κ1) is 13.5. The number of ether oxygens (including phenoxy) is 1. The molecule has 0 fully saturated rings. The van der Waals surface area contributed by atoms with Crippen LogP contribution in [-0.2, 0) is 0 Å². The zero-order valence-electron chi connectivity index (χ0n) is 11.6. The zero-order valence-corrected chi connectivity index (χ0v) is 11.6. The second-order valence-corrected chi connectivity index (χ2v) is 4.37. The molecule has 0 bridgehead atoms. The first-order valence-corrected chi connectivity index (χ1v) is 6.42. The van der Waals surface area contributed by atoms with Crippen molar-refractivity contribution in [1.29, 1.82) is 0 Å². The van der Waals surface area contributed by atoms with Gasteiger partial charge in [-0.25, -0.2) is 0 Å². The molecule has 0 aliphatic rings. The van der Waals surface area contributed by atoms with Crippen LogP contribution < -0.4 is 10.1 Å². The Morgan fingerprint density at radius 2 is 2.16 bits per heavy atom. The highest BCUT2D eigenvalue weighted by atomic mass is 16.5. The number of aromatic nitrogens is 2. The van der Waals surface area contributed by atoms with E-state index in [0.717, 1.165) is 17.0 Å². The lowest BCUT2D eigenvalue weighted by atomic mass is 10.0. The number of nitrogens with one attached hydrogen (secondary N) is 1. The van der Waals surface area contributed by atoms with Crippen LogP contribution in [0.15, 0.2) is 36.8 Å². The molecule has 2 aromatic heterocycles. The van der Waals surface area contributed by atoms with Crippen LogP contribution in [0.5, 0.6) is 5.75 Å². The van der Waals surface area contributed by atoms with Gasteiger partial charge in [0.2, 0.25) is 0 Å². The third kappa shape index (κ3) is 3.29. The summed E-state index contributed by atoms with van der Waals surface area (Å²) >= 11 is 0. The molecule has 0 aliphatic carbocycles. The van der Waals surface area contributed by atoms with Crippen molar-refractivity contribution in [2.45, 2.75) is 19.9 Å². The van der Waals surface area contributed by atoms with E-state index in [9.17, 15) is 0 Å². The van der Waals surface area contributed by atoms with Crippen molar-refractivity contribution in [3.05, 3.63) is 53.6 Å². The predicted molar refractivity (Wildman–Crippen MR) is 75.3 cm³/mol. The number of pyridine rings is 2. The molecule has 0 aliphatic heterocycles. The van der Waals surface area contributed by atoms with Crippen molar-refractivity contribution >= 4 is 0 Å². The van der Waals surface area contributed by atoms with Gasteiger partial charge < -0.3 is 10.1 Å². The van der Waals surface area contributed by atoms with Gasteiger partial charge in [-0.05, 0) is 50.2 Å². The lowest BCUT2D eigenvalue weighted by molar-refractivity contribution is 0.338. The van der Waals surface area contributed by atoms with Crippen LogP contribution >= 0.6 is 0 Å². The molecular formula is C15H19N3O. The minimum atomic E-state index is 0.0211. The van der Waals surface area contributed by atoms with Crippen LogP contribution in [0.3, 0.4) is 0 Å². The fraction of sp³-hybridized carbons (Fsp3) is 0.333. The smallest absolute Gasteiger partial charge is 0.137 e. The SMILES string of the molecule is CCOc1cncc(C(NC)c2cc(C)ccn2)c1. The predicted octanol–water partition coefficient (Wildman–Crippen LogP) is 2.49. The van der Waals surface area contributed by atoms with E-state index in [1.54, 1.807) is 6.20 Å². The van der Waals surface area contributed by atoms with Gasteiger partial charge in [-0.2, -0.15) is 0 Å². The van der Waals surface area contributed by atoms with Crippen molar-refractivity contribution in [1.82, 2.24) is 15.3 Å². The Morgan fingerprint density at radius 3 is 2.84 bits per heavy atom. The zero-order chi connectivity index (χ0) is 13.7. The van der Waals surface area contributed by atoms with Crippen molar-refractivity contribution < 1.29 is 4.74 Å². The molecule has 1 N–H and O–H groups in total. The van der Waals surface area contributed by atoms with Gasteiger partial charge in [-0.1, -0.05) is 0 Å². The maximum atomic E-state index is 5.49. The summed E-state index contributed by atoms with van der Waals surface area (Å²) in [5, 5.41) is 3.27. The van der Waals surface area contributed by atoms with Crippen LogP contribution in [0.1, 0.15) is 29.8 Å². The van der Waals surface area contributed by atoms with E-state index in [1.165, 1.54) is 5.56 Å². The Hall–Kier alpha value is -1.94. The van der Waals surface area contributed by atoms with E-state index >= 15 is 0 Å². The van der Waals surface area contributed by atoms with Crippen LogP contribution in [-0.4, -0.2) is 23.6 Å². The highest BCUT2D eigenvalue weighted by Crippen LogP contribution is 2.23. The lowest BCUT2D eigenvalue weighted by Gasteiger charge is -2.17. The molecule has 100 valence electrons. The van der Waals surface area contributed by atoms with E-state index < -0.39 is 0 Å². The van der Waals surface area contributed by atoms with Gasteiger partial charge in [0.25, 0.3) is 0 Å². The Balaban J connectivity index is 2.33. The number of hydrogen-bond acceptors (Lipinski definition) is 4. The molecule has 2 aromatic rings. The summed E-state index contributed by atoms with van der Waals surface area (Å²) < 4.78 is 5.49. The topological polar surface area (TPSA) is 47.0 Å². The minimum absolute atomic E-state index is 0.0211. The molecule has 2 heterocycles. The van der Waals surface area contributed by atoms with Gasteiger partial charge in [-0.3, -0.25) is 9.97 Å². The molecular weight excluding hydrogens is 238 g/mol. The standard InChI is InChI=1S/C15H19N3O/c1-4-19-13-8-12(9-17-10-13)15(16-3)14-7-11(2)5-6-18-14/h5-10,15-16H,4H2,1-3H3. The molecule has 0 radical (unpaired) electrons. The van der Waals surface area contributed by atoms with Crippen LogP contribution in [0.25, 0.3) is 0 Å². The summed E-state index contributed by atoms with van der Waals surface area (Å²) in [4.78, 5) is 8.66. The molecule has 0 saturated heterocycles. The summed E-state index contributed by atoms with van der Waals surface area (Å²) in [5.41, 5.74) is 3.23. The van der Waals surface area contributed by atoms with E-state index in [4.69, 9.17) is 4.74 Å². The van der Waals surface area contributed by atoms with Crippen molar-refractivity contribution in [3.63, 3.8) is 0 Å². The van der Waals surface area contributed by atoms with E-state index in [0.29, 0.717) is 6.61 Å². The average molecular weight is 257 g/mol. The normalized spacial score (nSPS) is 12.2. The Kier molecular flexibility index (Phi) is 4.47. The first-order valence-electron chi connectivity index (χ1n) is 6.42. The second-order valence-electron chi connectivity index (χ2n) is 4.37. The Labute approximate surface area is 113 Å². The summed E-state index contributed by atoms with van der Waals surface area (Å²) in [6, 6.07) is 6.09. The molecule has 0 spiro atoms. The molecule has 2 rings (SSSR count). The van der Waals surface area contributed by atoms with Crippen molar-refractivity contribution in [2.24, 2.45) is 0 Å². The number of nitrogens with zero attached hydrogens (tertiary/aromatic N) is 2. The fourth-order valence-corrected chi connectivity index (χ4v) is 2.04. The molecule has 1 unspecified atom stereocenters. The second kappa shape index (κ2) is 6.29. The van der Waals surface area contributed by atoms with Crippen LogP contribution in [0.4, 0.5) is 0 Å². The monoisotopic (exact) mass is 257 g/mol. The van der Waals surface area contributed by atoms with Gasteiger partial charge >= 0.3 is 0 Å². The largest absolute Gasteiger partial charge is 0.492 e. The first-order chi connectivity index (χ1) is 9.24. The van der Waals surface area contributed by atoms with Gasteiger partial charge in [-0.15, -0.1) is 0 Å². The summed E-state index contributed by atoms with van der Waals surface area (Å²) in [7, 11) is 1.92. The summed E-state index contributed by atoms with van der Waals surface area (Å²) in [5.74, 6) is 0.785. The van der Waals surface area contributed by atoms with Gasteiger partial charge in [0.05, 0.1) is 24.5 Å². The van der Waals surface area contributed by atoms with Gasteiger partial charge in [0, 0.05) is 12.4 Å². The summed E-state index contributed by atoms with van der Waals surface area (Å²) in [6.45, 7) is 4.66. The molecule has 1 atom stereocenters. The van der Waals surface area contributed by atoms with E-state index in [2.05, 4.69) is 28.3 Å². The third-order valence-electron chi connectivity index (χ3n) is 2.90. The molecule has 0 amide bonds. The maximum Gasteiger partial charge on any atom is 0.137 e. The lowest BCUT2D eigenvalue weighted by Crippen LogP contribution is -2.19. The van der Waals surface area contributed by atoms with Crippen LogP contribution in [0.2, 0.25) is 0 Å².